The predicted octanol–water partition coefficient (Wildman–Crippen LogP) is 1.97. The van der Waals surface area contributed by atoms with Crippen molar-refractivity contribution in [2.24, 2.45) is 0 Å². The summed E-state index contributed by atoms with van der Waals surface area (Å²) in [6, 6.07) is 8.48. The standard InChI is InChI=1S/C14H9N5O2/c1-8-12(13(20)21)7-17-14(18-8)19-11-3-2-9(5-15)10(4-11)6-16/h2-4,7H,1H3,(H,20,21)(H,17,18,19). The SMILES string of the molecule is Cc1nc(Nc2ccc(C#N)c(C#N)c2)ncc1C(=O)O. The number of aromatic nitrogens is 2. The number of nitrogens with one attached hydrogen (secondary N) is 1. The van der Waals surface area contributed by atoms with Crippen LogP contribution in [0.25, 0.3) is 0 Å². The van der Waals surface area contributed by atoms with Gasteiger partial charge in [0.1, 0.15) is 12.1 Å². The highest BCUT2D eigenvalue weighted by Crippen LogP contribution is 2.18. The van der Waals surface area contributed by atoms with Gasteiger partial charge in [0, 0.05) is 11.9 Å². The van der Waals surface area contributed by atoms with Crippen LogP contribution >= 0.6 is 0 Å². The maximum atomic E-state index is 10.9. The second-order valence-electron chi connectivity index (χ2n) is 4.11. The number of hydrogen-bond acceptors (Lipinski definition) is 6. The first-order chi connectivity index (χ1) is 10.0. The molecule has 0 atom stereocenters. The van der Waals surface area contributed by atoms with Crippen molar-refractivity contribution in [1.82, 2.24) is 9.97 Å². The molecular formula is C14H9N5O2. The fraction of sp³-hybridized carbons (Fsp3) is 0.0714. The lowest BCUT2D eigenvalue weighted by molar-refractivity contribution is 0.0695. The molecule has 0 saturated carbocycles. The lowest BCUT2D eigenvalue weighted by atomic mass is 10.1. The predicted molar refractivity (Wildman–Crippen MR) is 72.9 cm³/mol. The molecule has 0 radical (unpaired) electrons. The zero-order chi connectivity index (χ0) is 15.4. The smallest absolute Gasteiger partial charge is 0.339 e. The Kier molecular flexibility index (Phi) is 3.78. The van der Waals surface area contributed by atoms with E-state index in [4.69, 9.17) is 15.6 Å². The van der Waals surface area contributed by atoms with E-state index in [1.165, 1.54) is 18.3 Å². The van der Waals surface area contributed by atoms with E-state index in [1.54, 1.807) is 13.0 Å². The van der Waals surface area contributed by atoms with Crippen LogP contribution in [0.1, 0.15) is 27.2 Å². The summed E-state index contributed by atoms with van der Waals surface area (Å²) in [6.07, 6.45) is 1.21. The number of carboxylic acids is 1. The van der Waals surface area contributed by atoms with E-state index in [0.29, 0.717) is 11.4 Å². The van der Waals surface area contributed by atoms with Crippen LogP contribution < -0.4 is 5.32 Å². The van der Waals surface area contributed by atoms with Gasteiger partial charge in [0.15, 0.2) is 0 Å². The molecule has 0 bridgehead atoms. The summed E-state index contributed by atoms with van der Waals surface area (Å²) in [4.78, 5) is 18.8. The van der Waals surface area contributed by atoms with Crippen molar-refractivity contribution in [2.45, 2.75) is 6.92 Å². The molecule has 7 nitrogen and oxygen atoms in total. The van der Waals surface area contributed by atoms with Gasteiger partial charge in [-0.2, -0.15) is 10.5 Å². The third-order valence-corrected chi connectivity index (χ3v) is 2.73. The number of hydrogen-bond donors (Lipinski definition) is 2. The molecule has 2 N–H and O–H groups in total. The number of aromatic carboxylic acids is 1. The van der Waals surface area contributed by atoms with Crippen molar-refractivity contribution < 1.29 is 9.90 Å². The number of aryl methyl sites for hydroxylation is 1. The minimum atomic E-state index is -1.09. The molecule has 0 fully saturated rings. The molecular weight excluding hydrogens is 270 g/mol. The lowest BCUT2D eigenvalue weighted by Gasteiger charge is -2.07. The van der Waals surface area contributed by atoms with Crippen LogP contribution in [-0.4, -0.2) is 21.0 Å². The van der Waals surface area contributed by atoms with Gasteiger partial charge in [-0.15, -0.1) is 0 Å². The molecule has 1 aromatic carbocycles. The van der Waals surface area contributed by atoms with Crippen LogP contribution in [-0.2, 0) is 0 Å². The minimum Gasteiger partial charge on any atom is -0.478 e. The highest BCUT2D eigenvalue weighted by Gasteiger charge is 2.10. The maximum Gasteiger partial charge on any atom is 0.339 e. The molecule has 0 aliphatic carbocycles. The molecule has 1 heterocycles. The number of rotatable bonds is 3. The topological polar surface area (TPSA) is 123 Å². The first-order valence-corrected chi connectivity index (χ1v) is 5.83. The average Bonchev–Trinajstić information content (AvgIpc) is 2.46. The fourth-order valence-electron chi connectivity index (χ4n) is 1.68. The number of anilines is 2. The molecule has 0 aliphatic rings. The Morgan fingerprint density at radius 2 is 2.00 bits per heavy atom. The first kappa shape index (κ1) is 14.0. The van der Waals surface area contributed by atoms with E-state index < -0.39 is 5.97 Å². The highest BCUT2D eigenvalue weighted by molar-refractivity contribution is 5.88. The lowest BCUT2D eigenvalue weighted by Crippen LogP contribution is -2.06. The van der Waals surface area contributed by atoms with Crippen LogP contribution in [0.4, 0.5) is 11.6 Å². The summed E-state index contributed by atoms with van der Waals surface area (Å²) in [6.45, 7) is 1.57. The van der Waals surface area contributed by atoms with Crippen LogP contribution in [0, 0.1) is 29.6 Å². The first-order valence-electron chi connectivity index (χ1n) is 5.83. The molecule has 2 rings (SSSR count). The Bertz CT molecular complexity index is 802. The van der Waals surface area contributed by atoms with Gasteiger partial charge < -0.3 is 10.4 Å². The summed E-state index contributed by atoms with van der Waals surface area (Å²) >= 11 is 0. The van der Waals surface area contributed by atoms with Gasteiger partial charge in [0.05, 0.1) is 22.4 Å². The summed E-state index contributed by atoms with van der Waals surface area (Å²) in [5, 5.41) is 29.6. The fourth-order valence-corrected chi connectivity index (χ4v) is 1.68. The number of nitriles is 2. The molecule has 0 amide bonds. The number of carbonyl (C=O) groups is 1. The van der Waals surface area contributed by atoms with Crippen molar-refractivity contribution in [3.8, 4) is 12.1 Å². The minimum absolute atomic E-state index is 0.0260. The zero-order valence-corrected chi connectivity index (χ0v) is 11.0. The Labute approximate surface area is 120 Å². The quantitative estimate of drug-likeness (QED) is 0.880. The molecule has 1 aromatic heterocycles. The largest absolute Gasteiger partial charge is 0.478 e. The van der Waals surface area contributed by atoms with Gasteiger partial charge in [-0.1, -0.05) is 0 Å². The van der Waals surface area contributed by atoms with Crippen molar-refractivity contribution in [1.29, 1.82) is 10.5 Å². The molecule has 102 valence electrons. The van der Waals surface area contributed by atoms with Crippen LogP contribution in [0.5, 0.6) is 0 Å². The Balaban J connectivity index is 2.31. The monoisotopic (exact) mass is 279 g/mol. The molecule has 21 heavy (non-hydrogen) atoms. The van der Waals surface area contributed by atoms with Gasteiger partial charge in [0.25, 0.3) is 0 Å². The van der Waals surface area contributed by atoms with Crippen molar-refractivity contribution >= 4 is 17.6 Å². The van der Waals surface area contributed by atoms with Crippen LogP contribution in [0.15, 0.2) is 24.4 Å². The Morgan fingerprint density at radius 1 is 1.29 bits per heavy atom. The number of benzene rings is 1. The van der Waals surface area contributed by atoms with E-state index in [0.717, 1.165) is 0 Å². The van der Waals surface area contributed by atoms with Crippen molar-refractivity contribution in [3.05, 3.63) is 46.8 Å². The third-order valence-electron chi connectivity index (χ3n) is 2.73. The summed E-state index contributed by atoms with van der Waals surface area (Å²) < 4.78 is 0. The van der Waals surface area contributed by atoms with Gasteiger partial charge in [0.2, 0.25) is 5.95 Å². The van der Waals surface area contributed by atoms with Crippen LogP contribution in [0.3, 0.4) is 0 Å². The Hall–Kier alpha value is -3.45. The van der Waals surface area contributed by atoms with Gasteiger partial charge in [-0.3, -0.25) is 0 Å². The number of nitrogens with zero attached hydrogens (tertiary/aromatic N) is 4. The second kappa shape index (κ2) is 5.68. The third kappa shape index (κ3) is 2.94. The summed E-state index contributed by atoms with van der Waals surface area (Å²) in [5.74, 6) is -0.879. The van der Waals surface area contributed by atoms with Gasteiger partial charge in [-0.25, -0.2) is 14.8 Å². The highest BCUT2D eigenvalue weighted by atomic mass is 16.4. The van der Waals surface area contributed by atoms with E-state index in [9.17, 15) is 4.79 Å². The van der Waals surface area contributed by atoms with Crippen LogP contribution in [0.2, 0.25) is 0 Å². The van der Waals surface area contributed by atoms with E-state index in [2.05, 4.69) is 15.3 Å². The molecule has 0 unspecified atom stereocenters. The second-order valence-corrected chi connectivity index (χ2v) is 4.11. The van der Waals surface area contributed by atoms with Crippen molar-refractivity contribution in [3.63, 3.8) is 0 Å². The molecule has 2 aromatic rings. The summed E-state index contributed by atoms with van der Waals surface area (Å²) in [5.41, 5.74) is 1.41. The van der Waals surface area contributed by atoms with Gasteiger partial charge in [-0.05, 0) is 25.1 Å². The Morgan fingerprint density at radius 3 is 2.57 bits per heavy atom. The van der Waals surface area contributed by atoms with E-state index >= 15 is 0 Å². The van der Waals surface area contributed by atoms with E-state index in [-0.39, 0.29) is 22.6 Å². The zero-order valence-electron chi connectivity index (χ0n) is 11.0. The molecule has 0 saturated heterocycles. The maximum absolute atomic E-state index is 10.9. The molecule has 0 aliphatic heterocycles. The normalized spacial score (nSPS) is 9.48. The van der Waals surface area contributed by atoms with Crippen molar-refractivity contribution in [2.75, 3.05) is 5.32 Å². The molecule has 0 spiro atoms. The van der Waals surface area contributed by atoms with E-state index in [1.807, 2.05) is 12.1 Å². The average molecular weight is 279 g/mol. The summed E-state index contributed by atoms with van der Waals surface area (Å²) in [7, 11) is 0. The molecule has 7 heteroatoms. The number of carboxylic acid groups (broad SMARTS) is 1. The van der Waals surface area contributed by atoms with Gasteiger partial charge >= 0.3 is 5.97 Å².